The Morgan fingerprint density at radius 3 is 2.64 bits per heavy atom. The van der Waals surface area contributed by atoms with Gasteiger partial charge in [0.2, 0.25) is 0 Å². The van der Waals surface area contributed by atoms with Gasteiger partial charge >= 0.3 is 5.97 Å². The highest BCUT2D eigenvalue weighted by Crippen LogP contribution is 2.29. The van der Waals surface area contributed by atoms with Gasteiger partial charge in [-0.2, -0.15) is 0 Å². The van der Waals surface area contributed by atoms with Gasteiger partial charge in [0.25, 0.3) is 5.56 Å². The summed E-state index contributed by atoms with van der Waals surface area (Å²) in [6.45, 7) is 3.78. The van der Waals surface area contributed by atoms with Crippen molar-refractivity contribution >= 4 is 56.8 Å². The maximum Gasteiger partial charge on any atom is 0.356 e. The first-order valence-electron chi connectivity index (χ1n) is 9.95. The molecule has 0 aliphatic carbocycles. The van der Waals surface area contributed by atoms with E-state index in [9.17, 15) is 14.7 Å². The van der Waals surface area contributed by atoms with Crippen molar-refractivity contribution in [3.05, 3.63) is 78.6 Å². The highest BCUT2D eigenvalue weighted by Gasteiger charge is 2.20. The van der Waals surface area contributed by atoms with E-state index >= 15 is 0 Å². The average molecular weight is 576 g/mol. The first-order valence-corrected chi connectivity index (χ1v) is 11.4. The van der Waals surface area contributed by atoms with Crippen LogP contribution in [0.15, 0.2) is 47.4 Å². The van der Waals surface area contributed by atoms with Crippen molar-refractivity contribution < 1.29 is 9.90 Å². The average Bonchev–Trinajstić information content (AvgIpc) is 2.77. The molecular formula is C23H19ClIN5O3. The highest BCUT2D eigenvalue weighted by molar-refractivity contribution is 14.1. The number of aromatic carboxylic acids is 1. The molecule has 1 unspecified atom stereocenters. The number of nitrogens with one attached hydrogen (secondary N) is 1. The predicted octanol–water partition coefficient (Wildman–Crippen LogP) is 4.83. The maximum atomic E-state index is 13.2. The number of anilines is 1. The lowest BCUT2D eigenvalue weighted by Crippen LogP contribution is -2.22. The van der Waals surface area contributed by atoms with Gasteiger partial charge in [0.05, 0.1) is 22.6 Å². The van der Waals surface area contributed by atoms with E-state index in [2.05, 4.69) is 37.9 Å². The van der Waals surface area contributed by atoms with E-state index in [1.807, 2.05) is 38.1 Å². The predicted molar refractivity (Wildman–Crippen MR) is 136 cm³/mol. The molecule has 1 atom stereocenters. The van der Waals surface area contributed by atoms with Crippen molar-refractivity contribution in [2.75, 3.05) is 5.32 Å². The first-order chi connectivity index (χ1) is 15.7. The minimum atomic E-state index is -1.19. The Bertz CT molecular complexity index is 1450. The molecule has 2 N–H and O–H groups in total. The van der Waals surface area contributed by atoms with Gasteiger partial charge in [0.15, 0.2) is 5.69 Å². The zero-order chi connectivity index (χ0) is 23.9. The fraction of sp³-hybridized carbons (Fsp3) is 0.174. The molecule has 8 nitrogen and oxygen atoms in total. The van der Waals surface area contributed by atoms with Gasteiger partial charge in [-0.25, -0.2) is 19.7 Å². The molecule has 3 aromatic heterocycles. The second-order valence-corrected chi connectivity index (χ2v) is 9.11. The van der Waals surface area contributed by atoms with Crippen molar-refractivity contribution in [3.8, 4) is 11.4 Å². The number of rotatable bonds is 5. The topological polar surface area (TPSA) is 110 Å². The fourth-order valence-electron chi connectivity index (χ4n) is 3.67. The number of benzene rings is 1. The summed E-state index contributed by atoms with van der Waals surface area (Å²) in [5, 5.41) is 13.3. The van der Waals surface area contributed by atoms with Gasteiger partial charge in [-0.05, 0) is 72.3 Å². The number of hydrogen-bond acceptors (Lipinski definition) is 6. The molecule has 3 heterocycles. The minimum Gasteiger partial charge on any atom is -0.476 e. The molecule has 10 heteroatoms. The van der Waals surface area contributed by atoms with Gasteiger partial charge in [-0.1, -0.05) is 17.7 Å². The third kappa shape index (κ3) is 4.55. The summed E-state index contributed by atoms with van der Waals surface area (Å²) >= 11 is 8.00. The summed E-state index contributed by atoms with van der Waals surface area (Å²) in [5.41, 5.74) is 2.87. The summed E-state index contributed by atoms with van der Waals surface area (Å²) in [6.07, 6.45) is 1.68. The molecule has 0 spiro atoms. The Kier molecular flexibility index (Phi) is 6.35. The van der Waals surface area contributed by atoms with Crippen LogP contribution in [-0.4, -0.2) is 30.6 Å². The quantitative estimate of drug-likeness (QED) is 0.259. The lowest BCUT2D eigenvalue weighted by Gasteiger charge is -2.20. The molecule has 168 valence electrons. The SMILES string of the molecule is Cc1cc(C(C)Nc2ccc(Cl)nc2C(=O)O)c2nc(-c3ccc(I)nc3)n(C)c(=O)c2c1. The van der Waals surface area contributed by atoms with Crippen molar-refractivity contribution in [2.24, 2.45) is 7.05 Å². The van der Waals surface area contributed by atoms with E-state index < -0.39 is 5.97 Å². The molecular weight excluding hydrogens is 557 g/mol. The second-order valence-electron chi connectivity index (χ2n) is 7.62. The third-order valence-corrected chi connectivity index (χ3v) is 6.09. The number of pyridine rings is 2. The molecule has 4 rings (SSSR count). The Balaban J connectivity index is 1.88. The van der Waals surface area contributed by atoms with E-state index in [4.69, 9.17) is 16.6 Å². The second kappa shape index (κ2) is 9.06. The standard InChI is InChI=1S/C23H19ClIN5O3/c1-11-8-14(12(2)27-16-5-6-17(24)28-20(16)23(32)33)19-15(9-11)22(31)30(3)21(29-19)13-4-7-18(25)26-10-13/h4-10,12,27H,1-3H3,(H,32,33). The largest absolute Gasteiger partial charge is 0.476 e. The monoisotopic (exact) mass is 575 g/mol. The molecule has 0 aliphatic heterocycles. The van der Waals surface area contributed by atoms with Gasteiger partial charge < -0.3 is 10.4 Å². The molecule has 0 amide bonds. The fourth-order valence-corrected chi connectivity index (χ4v) is 4.14. The van der Waals surface area contributed by atoms with Crippen LogP contribution in [0.3, 0.4) is 0 Å². The normalized spacial score (nSPS) is 12.0. The lowest BCUT2D eigenvalue weighted by molar-refractivity contribution is 0.0691. The summed E-state index contributed by atoms with van der Waals surface area (Å²) in [7, 11) is 1.68. The lowest BCUT2D eigenvalue weighted by atomic mass is 10.0. The molecule has 0 fully saturated rings. The Labute approximate surface area is 207 Å². The molecule has 1 aromatic carbocycles. The summed E-state index contributed by atoms with van der Waals surface area (Å²) in [5.74, 6) is -0.699. The number of fused-ring (bicyclic) bond motifs is 1. The van der Waals surface area contributed by atoms with Crippen molar-refractivity contribution in [1.29, 1.82) is 0 Å². The number of carbonyl (C=O) groups is 1. The van der Waals surface area contributed by atoms with Crippen LogP contribution in [0.2, 0.25) is 5.15 Å². The molecule has 0 bridgehead atoms. The molecule has 0 aliphatic rings. The number of nitrogens with zero attached hydrogens (tertiary/aromatic N) is 4. The number of aromatic nitrogens is 4. The molecule has 0 saturated carbocycles. The zero-order valence-corrected chi connectivity index (χ0v) is 20.8. The summed E-state index contributed by atoms with van der Waals surface area (Å²) in [6, 6.07) is 10.2. The van der Waals surface area contributed by atoms with E-state index in [1.165, 1.54) is 10.6 Å². The van der Waals surface area contributed by atoms with Crippen LogP contribution in [0.4, 0.5) is 5.69 Å². The minimum absolute atomic E-state index is 0.0903. The zero-order valence-electron chi connectivity index (χ0n) is 17.9. The van der Waals surface area contributed by atoms with Crippen molar-refractivity contribution in [1.82, 2.24) is 19.5 Å². The smallest absolute Gasteiger partial charge is 0.356 e. The number of carboxylic acid groups (broad SMARTS) is 1. The summed E-state index contributed by atoms with van der Waals surface area (Å²) < 4.78 is 2.35. The number of carboxylic acids is 1. The van der Waals surface area contributed by atoms with Crippen LogP contribution < -0.4 is 10.9 Å². The third-order valence-electron chi connectivity index (χ3n) is 5.24. The summed E-state index contributed by atoms with van der Waals surface area (Å²) in [4.78, 5) is 37.9. The van der Waals surface area contributed by atoms with Crippen LogP contribution >= 0.6 is 34.2 Å². The highest BCUT2D eigenvalue weighted by atomic mass is 127. The maximum absolute atomic E-state index is 13.2. The molecule has 0 saturated heterocycles. The molecule has 0 radical (unpaired) electrons. The van der Waals surface area contributed by atoms with E-state index in [1.54, 1.807) is 19.3 Å². The van der Waals surface area contributed by atoms with Gasteiger partial charge in [-0.3, -0.25) is 9.36 Å². The Morgan fingerprint density at radius 2 is 1.97 bits per heavy atom. The van der Waals surface area contributed by atoms with Crippen molar-refractivity contribution in [2.45, 2.75) is 19.9 Å². The first kappa shape index (κ1) is 23.1. The van der Waals surface area contributed by atoms with Crippen LogP contribution in [-0.2, 0) is 7.05 Å². The van der Waals surface area contributed by atoms with Gasteiger partial charge in [-0.15, -0.1) is 0 Å². The Morgan fingerprint density at radius 1 is 1.21 bits per heavy atom. The van der Waals surface area contributed by atoms with Gasteiger partial charge in [0, 0.05) is 24.4 Å². The molecule has 33 heavy (non-hydrogen) atoms. The van der Waals surface area contributed by atoms with Crippen LogP contribution in [0.5, 0.6) is 0 Å². The van der Waals surface area contributed by atoms with E-state index in [0.717, 1.165) is 20.4 Å². The van der Waals surface area contributed by atoms with E-state index in [-0.39, 0.29) is 22.4 Å². The number of halogens is 2. The molecule has 4 aromatic rings. The van der Waals surface area contributed by atoms with Crippen LogP contribution in [0.25, 0.3) is 22.3 Å². The van der Waals surface area contributed by atoms with Crippen LogP contribution in [0.1, 0.15) is 34.6 Å². The van der Waals surface area contributed by atoms with Crippen molar-refractivity contribution in [3.63, 3.8) is 0 Å². The Hall–Kier alpha value is -3.05. The van der Waals surface area contributed by atoms with Crippen LogP contribution in [0, 0.1) is 10.6 Å². The van der Waals surface area contributed by atoms with E-state index in [0.29, 0.717) is 22.4 Å². The number of aryl methyl sites for hydroxylation is 1. The van der Waals surface area contributed by atoms with Gasteiger partial charge in [0.1, 0.15) is 14.7 Å². The number of hydrogen-bond donors (Lipinski definition) is 2.